The van der Waals surface area contributed by atoms with E-state index in [0.717, 1.165) is 12.8 Å². The lowest BCUT2D eigenvalue weighted by Crippen LogP contribution is -2.62. The number of carbonyl (C=O) groups is 3. The Morgan fingerprint density at radius 3 is 2.72 bits per heavy atom. The highest BCUT2D eigenvalue weighted by molar-refractivity contribution is 6.01. The van der Waals surface area contributed by atoms with Gasteiger partial charge in [-0.3, -0.25) is 14.4 Å². The SMILES string of the molecule is CNC(=O)c1cnc(NC(=O)C2CC2)cc1Nc1ncnc(N2CC3(CC(=O)CO3)C2)n1. The van der Waals surface area contributed by atoms with Crippen molar-refractivity contribution in [2.24, 2.45) is 5.92 Å². The zero-order valence-electron chi connectivity index (χ0n) is 17.4. The molecule has 5 rings (SSSR count). The minimum absolute atomic E-state index is 0.0249. The van der Waals surface area contributed by atoms with Gasteiger partial charge < -0.3 is 25.6 Å². The maximum atomic E-state index is 12.3. The van der Waals surface area contributed by atoms with E-state index in [-0.39, 0.29) is 41.6 Å². The predicted octanol–water partition coefficient (Wildman–Crippen LogP) is 0.266. The molecule has 1 saturated carbocycles. The summed E-state index contributed by atoms with van der Waals surface area (Å²) >= 11 is 0. The van der Waals surface area contributed by atoms with E-state index >= 15 is 0 Å². The van der Waals surface area contributed by atoms with Gasteiger partial charge in [0.1, 0.15) is 24.4 Å². The fourth-order valence-corrected chi connectivity index (χ4v) is 3.83. The molecular weight excluding hydrogens is 416 g/mol. The van der Waals surface area contributed by atoms with Gasteiger partial charge in [-0.2, -0.15) is 4.98 Å². The minimum atomic E-state index is -0.441. The van der Waals surface area contributed by atoms with Crippen molar-refractivity contribution in [3.63, 3.8) is 0 Å². The molecule has 3 fully saturated rings. The molecule has 2 aromatic rings. The van der Waals surface area contributed by atoms with Gasteiger partial charge in [-0.05, 0) is 12.8 Å². The lowest BCUT2D eigenvalue weighted by Gasteiger charge is -2.46. The van der Waals surface area contributed by atoms with Crippen molar-refractivity contribution in [1.29, 1.82) is 0 Å². The second-order valence-corrected chi connectivity index (χ2v) is 8.24. The van der Waals surface area contributed by atoms with Crippen molar-refractivity contribution in [2.45, 2.75) is 24.9 Å². The zero-order chi connectivity index (χ0) is 22.3. The molecular formula is C20H22N8O4. The molecule has 0 radical (unpaired) electrons. The van der Waals surface area contributed by atoms with Crippen LogP contribution in [-0.2, 0) is 14.3 Å². The number of hydrogen-bond acceptors (Lipinski definition) is 10. The number of hydrogen-bond donors (Lipinski definition) is 3. The number of aromatic nitrogens is 4. The van der Waals surface area contributed by atoms with Crippen LogP contribution in [0.1, 0.15) is 29.6 Å². The first-order valence-electron chi connectivity index (χ1n) is 10.3. The van der Waals surface area contributed by atoms with Gasteiger partial charge in [0.2, 0.25) is 17.8 Å². The first kappa shape index (κ1) is 20.2. The van der Waals surface area contributed by atoms with Crippen LogP contribution >= 0.6 is 0 Å². The summed E-state index contributed by atoms with van der Waals surface area (Å²) in [4.78, 5) is 54.8. The second-order valence-electron chi connectivity index (χ2n) is 8.24. The molecule has 1 aliphatic carbocycles. The summed E-state index contributed by atoms with van der Waals surface area (Å²) in [5, 5.41) is 8.37. The summed E-state index contributed by atoms with van der Waals surface area (Å²) in [6.45, 7) is 1.21. The normalized spacial score (nSPS) is 18.9. The Bertz CT molecular complexity index is 1100. The highest BCUT2D eigenvalue weighted by Gasteiger charge is 2.50. The number of nitrogens with zero attached hydrogens (tertiary/aromatic N) is 5. The van der Waals surface area contributed by atoms with Crippen LogP contribution in [0.4, 0.5) is 23.4 Å². The van der Waals surface area contributed by atoms with Crippen molar-refractivity contribution in [1.82, 2.24) is 25.3 Å². The molecule has 12 nitrogen and oxygen atoms in total. The molecule has 0 atom stereocenters. The van der Waals surface area contributed by atoms with E-state index in [0.29, 0.717) is 37.0 Å². The zero-order valence-corrected chi connectivity index (χ0v) is 17.4. The summed E-state index contributed by atoms with van der Waals surface area (Å²) in [6, 6.07) is 1.57. The van der Waals surface area contributed by atoms with Crippen LogP contribution in [0.25, 0.3) is 0 Å². The Balaban J connectivity index is 1.34. The summed E-state index contributed by atoms with van der Waals surface area (Å²) < 4.78 is 5.62. The summed E-state index contributed by atoms with van der Waals surface area (Å²) in [5.41, 5.74) is 0.232. The van der Waals surface area contributed by atoms with Gasteiger partial charge in [-0.25, -0.2) is 15.0 Å². The Kier molecular flexibility index (Phi) is 4.93. The molecule has 4 heterocycles. The molecule has 2 aliphatic heterocycles. The van der Waals surface area contributed by atoms with Crippen molar-refractivity contribution >= 4 is 41.0 Å². The quantitative estimate of drug-likeness (QED) is 0.573. The number of pyridine rings is 1. The van der Waals surface area contributed by atoms with Crippen molar-refractivity contribution in [3.05, 3.63) is 24.2 Å². The highest BCUT2D eigenvalue weighted by Crippen LogP contribution is 2.35. The van der Waals surface area contributed by atoms with Gasteiger partial charge >= 0.3 is 0 Å². The number of anilines is 4. The van der Waals surface area contributed by atoms with Crippen LogP contribution in [0.3, 0.4) is 0 Å². The van der Waals surface area contributed by atoms with Gasteiger partial charge in [-0.1, -0.05) is 0 Å². The maximum absolute atomic E-state index is 12.3. The first-order chi connectivity index (χ1) is 15.4. The average molecular weight is 438 g/mol. The third kappa shape index (κ3) is 3.96. The Morgan fingerprint density at radius 2 is 2.03 bits per heavy atom. The molecule has 1 spiro atoms. The molecule has 2 aromatic heterocycles. The van der Waals surface area contributed by atoms with E-state index in [4.69, 9.17) is 4.74 Å². The summed E-state index contributed by atoms with van der Waals surface area (Å²) in [7, 11) is 1.52. The van der Waals surface area contributed by atoms with Gasteiger partial charge in [0.05, 0.1) is 24.3 Å². The van der Waals surface area contributed by atoms with Crippen molar-refractivity contribution in [2.75, 3.05) is 42.3 Å². The number of rotatable bonds is 6. The van der Waals surface area contributed by atoms with Crippen molar-refractivity contribution in [3.8, 4) is 0 Å². The Hall–Kier alpha value is -3.67. The van der Waals surface area contributed by atoms with Gasteiger partial charge in [0.25, 0.3) is 5.91 Å². The van der Waals surface area contributed by atoms with Gasteiger partial charge in [-0.15, -0.1) is 0 Å². The molecule has 3 aliphatic rings. The van der Waals surface area contributed by atoms with E-state index in [1.807, 2.05) is 4.90 Å². The van der Waals surface area contributed by atoms with E-state index in [9.17, 15) is 14.4 Å². The molecule has 0 unspecified atom stereocenters. The predicted molar refractivity (Wildman–Crippen MR) is 113 cm³/mol. The van der Waals surface area contributed by atoms with E-state index in [1.54, 1.807) is 6.07 Å². The summed E-state index contributed by atoms with van der Waals surface area (Å²) in [6.07, 6.45) is 4.91. The van der Waals surface area contributed by atoms with Crippen LogP contribution in [0, 0.1) is 5.92 Å². The molecule has 12 heteroatoms. The lowest BCUT2D eigenvalue weighted by atomic mass is 9.91. The second kappa shape index (κ2) is 7.79. The molecule has 2 amide bonds. The summed E-state index contributed by atoms with van der Waals surface area (Å²) in [5.74, 6) is 0.701. The van der Waals surface area contributed by atoms with Crippen LogP contribution in [0.2, 0.25) is 0 Å². The topological polar surface area (TPSA) is 151 Å². The molecule has 166 valence electrons. The molecule has 0 bridgehead atoms. The van der Waals surface area contributed by atoms with E-state index < -0.39 is 5.60 Å². The number of carbonyl (C=O) groups excluding carboxylic acids is 3. The fraction of sp³-hybridized carbons (Fsp3) is 0.450. The van der Waals surface area contributed by atoms with E-state index in [2.05, 4.69) is 35.9 Å². The molecule has 0 aromatic carbocycles. The van der Waals surface area contributed by atoms with E-state index in [1.165, 1.54) is 19.6 Å². The molecule has 3 N–H and O–H groups in total. The standard InChI is InChI=1S/C20H22N8O4/c1-21-17(31)13-6-22-15(26-16(30)11-2-3-11)4-14(13)25-18-23-10-24-19(27-18)28-8-20(9-28)5-12(29)7-32-20/h4,6,10-11H,2-3,5,7-9H2,1H3,(H,21,31)(H2,22,23,24,25,26,27,30). The number of amides is 2. The number of ketones is 1. The number of nitrogens with one attached hydrogen (secondary N) is 3. The lowest BCUT2D eigenvalue weighted by molar-refractivity contribution is -0.118. The fourth-order valence-electron chi connectivity index (χ4n) is 3.83. The van der Waals surface area contributed by atoms with Gasteiger partial charge in [0.15, 0.2) is 5.78 Å². The Labute approximate surface area is 183 Å². The van der Waals surface area contributed by atoms with Crippen LogP contribution < -0.4 is 20.9 Å². The minimum Gasteiger partial charge on any atom is -0.363 e. The third-order valence-corrected chi connectivity index (χ3v) is 5.68. The van der Waals surface area contributed by atoms with Crippen LogP contribution in [0.15, 0.2) is 18.6 Å². The van der Waals surface area contributed by atoms with Crippen molar-refractivity contribution < 1.29 is 19.1 Å². The van der Waals surface area contributed by atoms with Crippen LogP contribution in [0.5, 0.6) is 0 Å². The highest BCUT2D eigenvalue weighted by atomic mass is 16.5. The maximum Gasteiger partial charge on any atom is 0.254 e. The largest absolute Gasteiger partial charge is 0.363 e. The Morgan fingerprint density at radius 1 is 1.22 bits per heavy atom. The molecule has 2 saturated heterocycles. The first-order valence-corrected chi connectivity index (χ1v) is 10.3. The van der Waals surface area contributed by atoms with Gasteiger partial charge in [0, 0.05) is 31.6 Å². The third-order valence-electron chi connectivity index (χ3n) is 5.68. The van der Waals surface area contributed by atoms with Crippen LogP contribution in [-0.4, -0.2) is 69.9 Å². The monoisotopic (exact) mass is 438 g/mol. The molecule has 32 heavy (non-hydrogen) atoms. The number of Topliss-reactive ketones (excluding diaryl/α,β-unsaturated/α-hetero) is 1. The number of ether oxygens (including phenoxy) is 1. The smallest absolute Gasteiger partial charge is 0.254 e. The average Bonchev–Trinajstić information content (AvgIpc) is 3.54.